The summed E-state index contributed by atoms with van der Waals surface area (Å²) >= 11 is 3.48. The summed E-state index contributed by atoms with van der Waals surface area (Å²) in [6.07, 6.45) is 3.97. The average Bonchev–Trinajstić information content (AvgIpc) is 2.82. The van der Waals surface area contributed by atoms with Gasteiger partial charge in [0.15, 0.2) is 0 Å². The lowest BCUT2D eigenvalue weighted by Gasteiger charge is -2.03. The number of benzene rings is 1. The van der Waals surface area contributed by atoms with Crippen molar-refractivity contribution in [2.75, 3.05) is 20.3 Å². The average molecular weight is 324 g/mol. The van der Waals surface area contributed by atoms with E-state index in [1.54, 1.807) is 7.11 Å². The minimum absolute atomic E-state index is 0.728. The highest BCUT2D eigenvalue weighted by molar-refractivity contribution is 9.10. The van der Waals surface area contributed by atoms with Gasteiger partial charge < -0.3 is 10.1 Å². The fraction of sp³-hybridized carbons (Fsp3) is 0.357. The van der Waals surface area contributed by atoms with E-state index in [0.29, 0.717) is 0 Å². The molecule has 4 nitrogen and oxygen atoms in total. The molecule has 0 aliphatic rings. The van der Waals surface area contributed by atoms with Crippen LogP contribution in [0.4, 0.5) is 0 Å². The van der Waals surface area contributed by atoms with Gasteiger partial charge in [0.05, 0.1) is 19.3 Å². The zero-order chi connectivity index (χ0) is 13.5. The highest BCUT2D eigenvalue weighted by atomic mass is 79.9. The van der Waals surface area contributed by atoms with Crippen LogP contribution in [0.1, 0.15) is 11.1 Å². The van der Waals surface area contributed by atoms with Crippen molar-refractivity contribution in [2.24, 2.45) is 0 Å². The SMILES string of the molecule is COCCNCc1cnn(Cc2cccc(Br)c2)c1. The first-order chi connectivity index (χ1) is 9.28. The maximum absolute atomic E-state index is 4.99. The van der Waals surface area contributed by atoms with E-state index in [0.717, 1.165) is 30.7 Å². The van der Waals surface area contributed by atoms with E-state index in [1.807, 2.05) is 23.0 Å². The largest absolute Gasteiger partial charge is 0.383 e. The maximum Gasteiger partial charge on any atom is 0.0659 e. The molecule has 2 aromatic rings. The zero-order valence-corrected chi connectivity index (χ0v) is 12.6. The zero-order valence-electron chi connectivity index (χ0n) is 11.0. The lowest BCUT2D eigenvalue weighted by molar-refractivity contribution is 0.199. The van der Waals surface area contributed by atoms with Crippen molar-refractivity contribution in [3.8, 4) is 0 Å². The Labute approximate surface area is 121 Å². The standard InChI is InChI=1S/C14H18BrN3O/c1-19-6-5-16-8-13-9-17-18(11-13)10-12-3-2-4-14(15)7-12/h2-4,7,9,11,16H,5-6,8,10H2,1H3. The summed E-state index contributed by atoms with van der Waals surface area (Å²) in [4.78, 5) is 0. The summed E-state index contributed by atoms with van der Waals surface area (Å²) in [6, 6.07) is 8.27. The second-order valence-electron chi connectivity index (χ2n) is 4.35. The molecule has 1 aromatic carbocycles. The van der Waals surface area contributed by atoms with Crippen molar-refractivity contribution in [3.05, 3.63) is 52.3 Å². The number of halogens is 1. The van der Waals surface area contributed by atoms with Gasteiger partial charge in [0.25, 0.3) is 0 Å². The predicted octanol–water partition coefficient (Wildman–Crippen LogP) is 2.43. The van der Waals surface area contributed by atoms with Crippen LogP contribution in [0.15, 0.2) is 41.1 Å². The molecule has 0 atom stereocenters. The maximum atomic E-state index is 4.99. The van der Waals surface area contributed by atoms with Crippen molar-refractivity contribution in [1.82, 2.24) is 15.1 Å². The topological polar surface area (TPSA) is 39.1 Å². The molecule has 0 aliphatic heterocycles. The minimum Gasteiger partial charge on any atom is -0.383 e. The van der Waals surface area contributed by atoms with E-state index in [9.17, 15) is 0 Å². The van der Waals surface area contributed by atoms with E-state index < -0.39 is 0 Å². The third kappa shape index (κ3) is 4.78. The summed E-state index contributed by atoms with van der Waals surface area (Å²) in [5, 5.41) is 7.67. The smallest absolute Gasteiger partial charge is 0.0659 e. The summed E-state index contributed by atoms with van der Waals surface area (Å²) in [7, 11) is 1.71. The Morgan fingerprint density at radius 2 is 2.26 bits per heavy atom. The normalized spacial score (nSPS) is 10.8. The first-order valence-electron chi connectivity index (χ1n) is 6.23. The molecule has 102 valence electrons. The van der Waals surface area contributed by atoms with E-state index in [1.165, 1.54) is 11.1 Å². The first-order valence-corrected chi connectivity index (χ1v) is 7.02. The van der Waals surface area contributed by atoms with Crippen LogP contribution in [0.5, 0.6) is 0 Å². The molecule has 0 saturated heterocycles. The Hall–Kier alpha value is -1.17. The molecule has 0 amide bonds. The van der Waals surface area contributed by atoms with Gasteiger partial charge in [0.1, 0.15) is 0 Å². The molecule has 0 aliphatic carbocycles. The number of ether oxygens (including phenoxy) is 1. The number of rotatable bonds is 7. The van der Waals surface area contributed by atoms with Crippen molar-refractivity contribution >= 4 is 15.9 Å². The van der Waals surface area contributed by atoms with E-state index in [4.69, 9.17) is 4.74 Å². The molecule has 1 aromatic heterocycles. The highest BCUT2D eigenvalue weighted by Gasteiger charge is 2.00. The Balaban J connectivity index is 1.87. The second-order valence-corrected chi connectivity index (χ2v) is 5.26. The van der Waals surface area contributed by atoms with Crippen LogP contribution in [-0.4, -0.2) is 30.0 Å². The Morgan fingerprint density at radius 3 is 3.05 bits per heavy atom. The Kier molecular flexibility index (Phi) is 5.57. The first kappa shape index (κ1) is 14.2. The Bertz CT molecular complexity index is 513. The third-order valence-corrected chi connectivity index (χ3v) is 3.23. The fourth-order valence-electron chi connectivity index (χ4n) is 1.81. The van der Waals surface area contributed by atoms with Crippen molar-refractivity contribution in [2.45, 2.75) is 13.1 Å². The minimum atomic E-state index is 0.728. The monoisotopic (exact) mass is 323 g/mol. The number of aromatic nitrogens is 2. The molecule has 0 fully saturated rings. The van der Waals surface area contributed by atoms with Crippen molar-refractivity contribution in [3.63, 3.8) is 0 Å². The molecule has 1 N–H and O–H groups in total. The number of nitrogens with zero attached hydrogens (tertiary/aromatic N) is 2. The van der Waals surface area contributed by atoms with Gasteiger partial charge in [-0.15, -0.1) is 0 Å². The lowest BCUT2D eigenvalue weighted by atomic mass is 10.2. The number of hydrogen-bond donors (Lipinski definition) is 1. The Morgan fingerprint density at radius 1 is 1.37 bits per heavy atom. The van der Waals surface area contributed by atoms with Crippen LogP contribution < -0.4 is 5.32 Å². The molecule has 0 spiro atoms. The quantitative estimate of drug-likeness (QED) is 0.795. The van der Waals surface area contributed by atoms with Gasteiger partial charge in [-0.2, -0.15) is 5.10 Å². The fourth-order valence-corrected chi connectivity index (χ4v) is 2.26. The van der Waals surface area contributed by atoms with Crippen molar-refractivity contribution < 1.29 is 4.74 Å². The van der Waals surface area contributed by atoms with Gasteiger partial charge >= 0.3 is 0 Å². The van der Waals surface area contributed by atoms with Crippen LogP contribution in [0.25, 0.3) is 0 Å². The van der Waals surface area contributed by atoms with Crippen LogP contribution >= 0.6 is 15.9 Å². The molecule has 19 heavy (non-hydrogen) atoms. The predicted molar refractivity (Wildman–Crippen MR) is 79.1 cm³/mol. The van der Waals surface area contributed by atoms with Crippen LogP contribution in [-0.2, 0) is 17.8 Å². The molecule has 0 radical (unpaired) electrons. The van der Waals surface area contributed by atoms with Gasteiger partial charge in [0.2, 0.25) is 0 Å². The van der Waals surface area contributed by atoms with Crippen molar-refractivity contribution in [1.29, 1.82) is 0 Å². The number of hydrogen-bond acceptors (Lipinski definition) is 3. The van der Waals surface area contributed by atoms with Crippen LogP contribution in [0.2, 0.25) is 0 Å². The molecule has 0 bridgehead atoms. The molecular formula is C14H18BrN3O. The summed E-state index contributed by atoms with van der Waals surface area (Å²) < 4.78 is 8.04. The number of methoxy groups -OCH3 is 1. The van der Waals surface area contributed by atoms with Gasteiger partial charge in [-0.3, -0.25) is 4.68 Å². The molecule has 0 saturated carbocycles. The summed E-state index contributed by atoms with van der Waals surface area (Å²) in [6.45, 7) is 3.19. The summed E-state index contributed by atoms with van der Waals surface area (Å²) in [5.41, 5.74) is 2.42. The third-order valence-electron chi connectivity index (χ3n) is 2.73. The van der Waals surface area contributed by atoms with E-state index in [2.05, 4.69) is 44.7 Å². The van der Waals surface area contributed by atoms with Crippen LogP contribution in [0.3, 0.4) is 0 Å². The molecule has 1 heterocycles. The highest BCUT2D eigenvalue weighted by Crippen LogP contribution is 2.12. The van der Waals surface area contributed by atoms with Gasteiger partial charge in [-0.25, -0.2) is 0 Å². The molecular weight excluding hydrogens is 306 g/mol. The molecule has 0 unspecified atom stereocenters. The molecule has 2 rings (SSSR count). The van der Waals surface area contributed by atoms with Gasteiger partial charge in [-0.05, 0) is 17.7 Å². The van der Waals surface area contributed by atoms with E-state index in [-0.39, 0.29) is 0 Å². The molecule has 5 heteroatoms. The van der Waals surface area contributed by atoms with Gasteiger partial charge in [-0.1, -0.05) is 28.1 Å². The second kappa shape index (κ2) is 7.43. The van der Waals surface area contributed by atoms with Gasteiger partial charge in [0, 0.05) is 36.4 Å². The number of nitrogens with one attached hydrogen (secondary N) is 1. The van der Waals surface area contributed by atoms with Crippen LogP contribution in [0, 0.1) is 0 Å². The van der Waals surface area contributed by atoms with E-state index >= 15 is 0 Å². The summed E-state index contributed by atoms with van der Waals surface area (Å²) in [5.74, 6) is 0. The lowest BCUT2D eigenvalue weighted by Crippen LogP contribution is -2.18.